The molecule has 0 fully saturated rings. The van der Waals surface area contributed by atoms with Crippen LogP contribution in [-0.2, 0) is 11.2 Å². The first-order chi connectivity index (χ1) is 8.59. The molecule has 0 aliphatic carbocycles. The number of benzene rings is 1. The minimum atomic E-state index is -0.869. The Bertz CT molecular complexity index is 563. The second kappa shape index (κ2) is 5.00. The molecule has 0 saturated carbocycles. The largest absolute Gasteiger partial charge is 0.481 e. The third kappa shape index (κ3) is 2.40. The lowest BCUT2D eigenvalue weighted by Gasteiger charge is -2.13. The lowest BCUT2D eigenvalue weighted by atomic mass is 9.90. The molecule has 1 N–H and O–H groups in total. The first-order valence-corrected chi connectivity index (χ1v) is 5.66. The monoisotopic (exact) mass is 246 g/mol. The summed E-state index contributed by atoms with van der Waals surface area (Å²) in [6.07, 6.45) is 0.287. The van der Waals surface area contributed by atoms with Crippen molar-refractivity contribution in [2.75, 3.05) is 0 Å². The summed E-state index contributed by atoms with van der Waals surface area (Å²) in [5, 5.41) is 16.8. The van der Waals surface area contributed by atoms with E-state index in [2.05, 4.69) is 14.9 Å². The first-order valence-electron chi connectivity index (χ1n) is 5.66. The van der Waals surface area contributed by atoms with E-state index in [1.54, 1.807) is 6.92 Å². The van der Waals surface area contributed by atoms with Gasteiger partial charge in [0.2, 0.25) is 0 Å². The quantitative estimate of drug-likeness (QED) is 0.893. The van der Waals surface area contributed by atoms with Gasteiger partial charge in [0, 0.05) is 6.42 Å². The molecular formula is C13H14N2O3. The molecule has 1 heterocycles. The highest BCUT2D eigenvalue weighted by Crippen LogP contribution is 2.24. The molecule has 0 radical (unpaired) electrons. The van der Waals surface area contributed by atoms with Gasteiger partial charge in [-0.1, -0.05) is 34.6 Å². The van der Waals surface area contributed by atoms with Crippen molar-refractivity contribution in [2.45, 2.75) is 26.2 Å². The molecule has 5 nitrogen and oxygen atoms in total. The summed E-state index contributed by atoms with van der Waals surface area (Å²) >= 11 is 0. The number of nitrogens with zero attached hydrogens (tertiary/aromatic N) is 2. The summed E-state index contributed by atoms with van der Waals surface area (Å²) in [5.41, 5.74) is 2.98. The van der Waals surface area contributed by atoms with Crippen LogP contribution in [0.3, 0.4) is 0 Å². The van der Waals surface area contributed by atoms with Crippen LogP contribution < -0.4 is 0 Å². The molecule has 2 aromatic rings. The molecule has 0 aliphatic heterocycles. The van der Waals surface area contributed by atoms with Crippen LogP contribution in [0.1, 0.15) is 28.4 Å². The van der Waals surface area contributed by atoms with Gasteiger partial charge < -0.3 is 5.11 Å². The molecule has 1 atom stereocenters. The third-order valence-corrected chi connectivity index (χ3v) is 3.01. The molecular weight excluding hydrogens is 232 g/mol. The van der Waals surface area contributed by atoms with E-state index in [4.69, 9.17) is 0 Å². The zero-order chi connectivity index (χ0) is 13.1. The van der Waals surface area contributed by atoms with Crippen LogP contribution in [0.15, 0.2) is 28.9 Å². The molecule has 5 heteroatoms. The van der Waals surface area contributed by atoms with Crippen molar-refractivity contribution in [3.05, 3.63) is 46.8 Å². The number of aryl methyl sites for hydroxylation is 2. The zero-order valence-electron chi connectivity index (χ0n) is 10.3. The smallest absolute Gasteiger partial charge is 0.311 e. The van der Waals surface area contributed by atoms with E-state index in [0.717, 1.165) is 11.1 Å². The summed E-state index contributed by atoms with van der Waals surface area (Å²) in [6.45, 7) is 3.65. The van der Waals surface area contributed by atoms with Crippen LogP contribution in [0.4, 0.5) is 0 Å². The summed E-state index contributed by atoms with van der Waals surface area (Å²) in [7, 11) is 0. The van der Waals surface area contributed by atoms with Gasteiger partial charge in [-0.2, -0.15) is 0 Å². The molecule has 0 bridgehead atoms. The van der Waals surface area contributed by atoms with Crippen molar-refractivity contribution < 1.29 is 14.5 Å². The first kappa shape index (κ1) is 12.3. The summed E-state index contributed by atoms with van der Waals surface area (Å²) in [6, 6.07) is 7.46. The van der Waals surface area contributed by atoms with Gasteiger partial charge in [-0.15, -0.1) is 0 Å². The summed E-state index contributed by atoms with van der Waals surface area (Å²) in [5.74, 6) is -1.50. The SMILES string of the molecule is Cc1ccccc1C(Cc1nonc1C)C(=O)O. The van der Waals surface area contributed by atoms with Crippen LogP contribution in [-0.4, -0.2) is 21.4 Å². The minimum Gasteiger partial charge on any atom is -0.481 e. The molecule has 1 unspecified atom stereocenters. The standard InChI is InChI=1S/C13H14N2O3/c1-8-5-3-4-6-10(8)11(13(16)17)7-12-9(2)14-18-15-12/h3-6,11H,7H2,1-2H3,(H,16,17). The third-order valence-electron chi connectivity index (χ3n) is 3.01. The number of aromatic nitrogens is 2. The topological polar surface area (TPSA) is 76.2 Å². The maximum Gasteiger partial charge on any atom is 0.311 e. The van der Waals surface area contributed by atoms with Crippen molar-refractivity contribution >= 4 is 5.97 Å². The Balaban J connectivity index is 2.33. The van der Waals surface area contributed by atoms with E-state index in [9.17, 15) is 9.90 Å². The van der Waals surface area contributed by atoms with E-state index in [-0.39, 0.29) is 6.42 Å². The van der Waals surface area contributed by atoms with Crippen molar-refractivity contribution in [1.29, 1.82) is 0 Å². The minimum absolute atomic E-state index is 0.287. The number of carboxylic acids is 1. The Labute approximate surface area is 104 Å². The van der Waals surface area contributed by atoms with Gasteiger partial charge in [0.1, 0.15) is 11.4 Å². The lowest BCUT2D eigenvalue weighted by molar-refractivity contribution is -0.138. The van der Waals surface area contributed by atoms with Crippen LogP contribution >= 0.6 is 0 Å². The van der Waals surface area contributed by atoms with Crippen molar-refractivity contribution in [3.8, 4) is 0 Å². The highest BCUT2D eigenvalue weighted by molar-refractivity contribution is 5.77. The molecule has 0 aliphatic rings. The molecule has 0 spiro atoms. The van der Waals surface area contributed by atoms with Gasteiger partial charge in [0.15, 0.2) is 0 Å². The Morgan fingerprint density at radius 3 is 2.61 bits per heavy atom. The normalized spacial score (nSPS) is 12.3. The zero-order valence-corrected chi connectivity index (χ0v) is 10.3. The Hall–Kier alpha value is -2.17. The average molecular weight is 246 g/mol. The van der Waals surface area contributed by atoms with Gasteiger partial charge in [-0.25, -0.2) is 4.63 Å². The van der Waals surface area contributed by atoms with Crippen molar-refractivity contribution in [1.82, 2.24) is 10.3 Å². The fourth-order valence-corrected chi connectivity index (χ4v) is 1.94. The fourth-order valence-electron chi connectivity index (χ4n) is 1.94. The van der Waals surface area contributed by atoms with E-state index >= 15 is 0 Å². The Morgan fingerprint density at radius 1 is 1.33 bits per heavy atom. The highest BCUT2D eigenvalue weighted by atomic mass is 16.6. The van der Waals surface area contributed by atoms with Crippen LogP contribution in [0.2, 0.25) is 0 Å². The van der Waals surface area contributed by atoms with E-state index < -0.39 is 11.9 Å². The lowest BCUT2D eigenvalue weighted by Crippen LogP contribution is -2.16. The number of hydrogen-bond donors (Lipinski definition) is 1. The van der Waals surface area contributed by atoms with Gasteiger partial charge >= 0.3 is 5.97 Å². The van der Waals surface area contributed by atoms with E-state index in [1.807, 2.05) is 31.2 Å². The number of carbonyl (C=O) groups is 1. The molecule has 1 aromatic heterocycles. The van der Waals surface area contributed by atoms with E-state index in [1.165, 1.54) is 0 Å². The predicted molar refractivity (Wildman–Crippen MR) is 64.3 cm³/mol. The number of aliphatic carboxylic acids is 1. The number of rotatable bonds is 4. The summed E-state index contributed by atoms with van der Waals surface area (Å²) < 4.78 is 4.60. The van der Waals surface area contributed by atoms with Crippen LogP contribution in [0.5, 0.6) is 0 Å². The summed E-state index contributed by atoms with van der Waals surface area (Å²) in [4.78, 5) is 11.4. The van der Waals surface area contributed by atoms with E-state index in [0.29, 0.717) is 11.4 Å². The maximum absolute atomic E-state index is 11.4. The number of hydrogen-bond acceptors (Lipinski definition) is 4. The maximum atomic E-state index is 11.4. The molecule has 0 saturated heterocycles. The van der Waals surface area contributed by atoms with Gasteiger partial charge in [-0.05, 0) is 25.0 Å². The van der Waals surface area contributed by atoms with Crippen molar-refractivity contribution in [2.24, 2.45) is 0 Å². The van der Waals surface area contributed by atoms with Gasteiger partial charge in [0.25, 0.3) is 0 Å². The average Bonchev–Trinajstić information content (AvgIpc) is 2.73. The fraction of sp³-hybridized carbons (Fsp3) is 0.308. The van der Waals surface area contributed by atoms with Gasteiger partial charge in [0.05, 0.1) is 5.92 Å². The van der Waals surface area contributed by atoms with Gasteiger partial charge in [-0.3, -0.25) is 4.79 Å². The van der Waals surface area contributed by atoms with Crippen molar-refractivity contribution in [3.63, 3.8) is 0 Å². The molecule has 0 amide bonds. The predicted octanol–water partition coefficient (Wildman–Crippen LogP) is 2.10. The molecule has 2 rings (SSSR count). The second-order valence-corrected chi connectivity index (χ2v) is 4.25. The van der Waals surface area contributed by atoms with Crippen LogP contribution in [0.25, 0.3) is 0 Å². The molecule has 1 aromatic carbocycles. The molecule has 94 valence electrons. The molecule has 18 heavy (non-hydrogen) atoms. The highest BCUT2D eigenvalue weighted by Gasteiger charge is 2.24. The second-order valence-electron chi connectivity index (χ2n) is 4.25. The Kier molecular flexibility index (Phi) is 3.41. The number of carboxylic acid groups (broad SMARTS) is 1. The Morgan fingerprint density at radius 2 is 2.06 bits per heavy atom. The van der Waals surface area contributed by atoms with Crippen LogP contribution in [0, 0.1) is 13.8 Å².